The Morgan fingerprint density at radius 1 is 1.07 bits per heavy atom. The molecule has 1 amide bonds. The van der Waals surface area contributed by atoms with Gasteiger partial charge in [-0.25, -0.2) is 4.79 Å². The van der Waals surface area contributed by atoms with Crippen molar-refractivity contribution in [2.24, 2.45) is 0 Å². The number of hydrogen-bond acceptors (Lipinski definition) is 8. The SMILES string of the molecule is COc1ccc(OC)c([C@H](C)NC(=O)COC(=O)COc2ccccc2[N+](=O)[O-])c1. The van der Waals surface area contributed by atoms with Crippen molar-refractivity contribution in [3.05, 3.63) is 58.1 Å². The fraction of sp³-hybridized carbons (Fsp3) is 0.300. The van der Waals surface area contributed by atoms with E-state index in [2.05, 4.69) is 5.32 Å². The number of carbonyl (C=O) groups excluding carboxylic acids is 2. The maximum absolute atomic E-state index is 12.1. The number of benzene rings is 2. The molecule has 0 spiro atoms. The van der Waals surface area contributed by atoms with E-state index in [1.165, 1.54) is 38.5 Å². The summed E-state index contributed by atoms with van der Waals surface area (Å²) in [6, 6.07) is 10.4. The number of para-hydroxylation sites is 2. The highest BCUT2D eigenvalue weighted by molar-refractivity contribution is 5.81. The molecule has 0 radical (unpaired) electrons. The molecule has 0 aromatic heterocycles. The van der Waals surface area contributed by atoms with Crippen molar-refractivity contribution in [3.63, 3.8) is 0 Å². The standard InChI is InChI=1S/C20H22N2O8/c1-13(15-10-14(27-2)8-9-17(15)28-3)21-19(23)11-30-20(24)12-29-18-7-5-4-6-16(18)22(25)26/h4-10,13H,11-12H2,1-3H3,(H,21,23)/t13-/m0/s1. The molecule has 0 unspecified atom stereocenters. The van der Waals surface area contributed by atoms with Crippen LogP contribution in [-0.4, -0.2) is 44.2 Å². The van der Waals surface area contributed by atoms with E-state index < -0.39 is 36.1 Å². The molecule has 0 bridgehead atoms. The van der Waals surface area contributed by atoms with Crippen molar-refractivity contribution < 1.29 is 33.5 Å². The lowest BCUT2D eigenvalue weighted by atomic mass is 10.1. The van der Waals surface area contributed by atoms with E-state index >= 15 is 0 Å². The molecule has 10 heteroatoms. The Hall–Kier alpha value is -3.82. The number of esters is 1. The van der Waals surface area contributed by atoms with Crippen LogP contribution in [0.3, 0.4) is 0 Å². The maximum atomic E-state index is 12.1. The molecule has 30 heavy (non-hydrogen) atoms. The van der Waals surface area contributed by atoms with Crippen LogP contribution < -0.4 is 19.5 Å². The van der Waals surface area contributed by atoms with E-state index in [1.54, 1.807) is 25.1 Å². The molecular weight excluding hydrogens is 396 g/mol. The molecular formula is C20H22N2O8. The second-order valence-electron chi connectivity index (χ2n) is 6.07. The quantitative estimate of drug-likeness (QED) is 0.354. The molecule has 1 N–H and O–H groups in total. The monoisotopic (exact) mass is 418 g/mol. The zero-order valence-corrected chi connectivity index (χ0v) is 16.7. The predicted octanol–water partition coefficient (Wildman–Crippen LogP) is 2.41. The number of nitrogens with one attached hydrogen (secondary N) is 1. The van der Waals surface area contributed by atoms with Gasteiger partial charge in [0.05, 0.1) is 25.2 Å². The summed E-state index contributed by atoms with van der Waals surface area (Å²) in [5, 5.41) is 13.6. The van der Waals surface area contributed by atoms with Crippen molar-refractivity contribution in [3.8, 4) is 17.2 Å². The zero-order chi connectivity index (χ0) is 22.1. The minimum Gasteiger partial charge on any atom is -0.497 e. The van der Waals surface area contributed by atoms with Crippen molar-refractivity contribution >= 4 is 17.6 Å². The third kappa shape index (κ3) is 6.09. The fourth-order valence-electron chi connectivity index (χ4n) is 2.59. The van der Waals surface area contributed by atoms with Gasteiger partial charge in [0.25, 0.3) is 5.91 Å². The van der Waals surface area contributed by atoms with Crippen molar-refractivity contribution in [2.45, 2.75) is 13.0 Å². The van der Waals surface area contributed by atoms with Crippen molar-refractivity contribution in [1.29, 1.82) is 0 Å². The molecule has 0 aliphatic carbocycles. The van der Waals surface area contributed by atoms with Gasteiger partial charge in [-0.2, -0.15) is 0 Å². The number of amides is 1. The first-order valence-corrected chi connectivity index (χ1v) is 8.88. The summed E-state index contributed by atoms with van der Waals surface area (Å²) in [5.41, 5.74) is 0.417. The normalized spacial score (nSPS) is 11.2. The lowest BCUT2D eigenvalue weighted by Crippen LogP contribution is -2.32. The minimum atomic E-state index is -0.838. The van der Waals surface area contributed by atoms with Crippen LogP contribution in [-0.2, 0) is 14.3 Å². The van der Waals surface area contributed by atoms with Gasteiger partial charge in [-0.15, -0.1) is 0 Å². The van der Waals surface area contributed by atoms with Crippen LogP contribution in [0.1, 0.15) is 18.5 Å². The number of hydrogen-bond donors (Lipinski definition) is 1. The first kappa shape index (κ1) is 22.5. The summed E-state index contributed by atoms with van der Waals surface area (Å²) in [5.74, 6) is -0.270. The highest BCUT2D eigenvalue weighted by Gasteiger charge is 2.18. The predicted molar refractivity (Wildman–Crippen MR) is 106 cm³/mol. The molecule has 2 rings (SSSR count). The van der Waals surface area contributed by atoms with Gasteiger partial charge in [0, 0.05) is 11.6 Å². The first-order valence-electron chi connectivity index (χ1n) is 8.88. The molecule has 2 aromatic rings. The van der Waals surface area contributed by atoms with Crippen LogP contribution in [0.15, 0.2) is 42.5 Å². The molecule has 0 aliphatic rings. The average Bonchev–Trinajstić information content (AvgIpc) is 2.75. The van der Waals surface area contributed by atoms with Crippen LogP contribution in [0.25, 0.3) is 0 Å². The van der Waals surface area contributed by atoms with E-state index in [0.717, 1.165) is 0 Å². The van der Waals surface area contributed by atoms with Gasteiger partial charge in [0.15, 0.2) is 19.0 Å². The third-order valence-electron chi connectivity index (χ3n) is 4.05. The molecule has 0 heterocycles. The Balaban J connectivity index is 1.86. The molecule has 10 nitrogen and oxygen atoms in total. The topological polar surface area (TPSA) is 126 Å². The largest absolute Gasteiger partial charge is 0.497 e. The molecule has 0 saturated heterocycles. The lowest BCUT2D eigenvalue weighted by Gasteiger charge is -2.18. The van der Waals surface area contributed by atoms with Gasteiger partial charge in [0.1, 0.15) is 11.5 Å². The Bertz CT molecular complexity index is 915. The van der Waals surface area contributed by atoms with Crippen LogP contribution >= 0.6 is 0 Å². The van der Waals surface area contributed by atoms with Crippen molar-refractivity contribution in [1.82, 2.24) is 5.32 Å². The average molecular weight is 418 g/mol. The van der Waals surface area contributed by atoms with Gasteiger partial charge < -0.3 is 24.3 Å². The maximum Gasteiger partial charge on any atom is 0.344 e. The van der Waals surface area contributed by atoms with E-state index in [0.29, 0.717) is 17.1 Å². The Labute approximate surface area is 172 Å². The van der Waals surface area contributed by atoms with Gasteiger partial charge in [-0.3, -0.25) is 14.9 Å². The first-order chi connectivity index (χ1) is 14.3. The highest BCUT2D eigenvalue weighted by Crippen LogP contribution is 2.29. The number of nitro groups is 1. The summed E-state index contributed by atoms with van der Waals surface area (Å²) in [6.45, 7) is 0.641. The van der Waals surface area contributed by atoms with Gasteiger partial charge in [-0.1, -0.05) is 12.1 Å². The van der Waals surface area contributed by atoms with E-state index in [1.807, 2.05) is 0 Å². The summed E-state index contributed by atoms with van der Waals surface area (Å²) in [4.78, 5) is 34.2. The zero-order valence-electron chi connectivity index (χ0n) is 16.7. The van der Waals surface area contributed by atoms with E-state index in [-0.39, 0.29) is 11.4 Å². The smallest absolute Gasteiger partial charge is 0.344 e. The van der Waals surface area contributed by atoms with Crippen LogP contribution in [0, 0.1) is 10.1 Å². The fourth-order valence-corrected chi connectivity index (χ4v) is 2.59. The number of rotatable bonds is 10. The lowest BCUT2D eigenvalue weighted by molar-refractivity contribution is -0.385. The van der Waals surface area contributed by atoms with E-state index in [4.69, 9.17) is 18.9 Å². The summed E-state index contributed by atoms with van der Waals surface area (Å²) >= 11 is 0. The molecule has 0 saturated carbocycles. The molecule has 160 valence electrons. The molecule has 2 aromatic carbocycles. The van der Waals surface area contributed by atoms with E-state index in [9.17, 15) is 19.7 Å². The Kier molecular flexibility index (Phi) is 7.98. The highest BCUT2D eigenvalue weighted by atomic mass is 16.6. The molecule has 0 aliphatic heterocycles. The number of nitro benzene ring substituents is 1. The Morgan fingerprint density at radius 2 is 1.80 bits per heavy atom. The number of carbonyl (C=O) groups is 2. The van der Waals surface area contributed by atoms with Crippen molar-refractivity contribution in [2.75, 3.05) is 27.4 Å². The Morgan fingerprint density at radius 3 is 2.47 bits per heavy atom. The number of ether oxygens (including phenoxy) is 4. The minimum absolute atomic E-state index is 0.0670. The summed E-state index contributed by atoms with van der Waals surface area (Å²) in [7, 11) is 3.04. The third-order valence-corrected chi connectivity index (χ3v) is 4.05. The number of nitrogens with zero attached hydrogens (tertiary/aromatic N) is 1. The second kappa shape index (κ2) is 10.6. The van der Waals surface area contributed by atoms with Crippen LogP contribution in [0.5, 0.6) is 17.2 Å². The molecule has 1 atom stereocenters. The summed E-state index contributed by atoms with van der Waals surface area (Å²) < 4.78 is 20.5. The molecule has 0 fully saturated rings. The van der Waals surface area contributed by atoms with Gasteiger partial charge in [-0.05, 0) is 31.2 Å². The van der Waals surface area contributed by atoms with Gasteiger partial charge in [0.2, 0.25) is 0 Å². The second-order valence-corrected chi connectivity index (χ2v) is 6.07. The van der Waals surface area contributed by atoms with Crippen LogP contribution in [0.2, 0.25) is 0 Å². The van der Waals surface area contributed by atoms with Crippen LogP contribution in [0.4, 0.5) is 5.69 Å². The van der Waals surface area contributed by atoms with Gasteiger partial charge >= 0.3 is 11.7 Å². The summed E-state index contributed by atoms with van der Waals surface area (Å²) in [6.07, 6.45) is 0. The number of methoxy groups -OCH3 is 2.